The number of benzene rings is 4. The van der Waals surface area contributed by atoms with Crippen LogP contribution in [-0.2, 0) is 9.59 Å². The van der Waals surface area contributed by atoms with E-state index >= 15 is 0 Å². The zero-order chi connectivity index (χ0) is 32.5. The first-order valence-electron chi connectivity index (χ1n) is 13.5. The summed E-state index contributed by atoms with van der Waals surface area (Å²) in [4.78, 5) is 56.5. The smallest absolute Gasteiger partial charge is 0.283 e. The van der Waals surface area contributed by atoms with Crippen LogP contribution in [-0.4, -0.2) is 32.7 Å². The van der Waals surface area contributed by atoms with Gasteiger partial charge in [-0.3, -0.25) is 34.7 Å². The van der Waals surface area contributed by atoms with Crippen LogP contribution in [0.15, 0.2) is 99.7 Å². The second-order valence-electron chi connectivity index (χ2n) is 9.98. The minimum Gasteiger partial charge on any atom is -0.322 e. The molecule has 46 heavy (non-hydrogen) atoms. The number of nitro benzene ring substituents is 1. The van der Waals surface area contributed by atoms with Crippen molar-refractivity contribution in [3.05, 3.63) is 122 Å². The second-order valence-corrected chi connectivity index (χ2v) is 13.1. The van der Waals surface area contributed by atoms with Gasteiger partial charge >= 0.3 is 0 Å². The zero-order valence-electron chi connectivity index (χ0n) is 23.6. The first kappa shape index (κ1) is 31.0. The van der Waals surface area contributed by atoms with Gasteiger partial charge in [-0.1, -0.05) is 53.7 Å². The van der Waals surface area contributed by atoms with E-state index in [2.05, 4.69) is 15.6 Å². The monoisotopic (exact) mass is 685 g/mol. The van der Waals surface area contributed by atoms with Gasteiger partial charge in [0.25, 0.3) is 23.4 Å². The molecule has 2 N–H and O–H groups in total. The predicted octanol–water partition coefficient (Wildman–Crippen LogP) is 7.40. The summed E-state index contributed by atoms with van der Waals surface area (Å²) in [5.41, 5.74) is 2.78. The number of thiocarbonyl (C=S) groups is 1. The number of carbonyl (C=O) groups is 3. The number of carbonyl (C=O) groups excluding carboxylic acids is 3. The minimum absolute atomic E-state index is 0.0543. The number of nitro groups is 1. The van der Waals surface area contributed by atoms with Crippen LogP contribution in [0.4, 0.5) is 17.1 Å². The van der Waals surface area contributed by atoms with E-state index in [1.165, 1.54) is 28.4 Å². The normalized spacial score (nSPS) is 14.1. The summed E-state index contributed by atoms with van der Waals surface area (Å²) in [5, 5.41) is 17.7. The Balaban J connectivity index is 1.25. The number of amides is 3. The molecule has 1 saturated heterocycles. The number of hydrogen-bond donors (Lipinski definition) is 2. The first-order valence-corrected chi connectivity index (χ1v) is 15.9. The highest BCUT2D eigenvalue weighted by atomic mass is 35.5. The fraction of sp³-hybridized carbons (Fsp3) is 0.0312. The topological polar surface area (TPSA) is 135 Å². The number of nitrogens with zero attached hydrogens (tertiary/aromatic N) is 3. The van der Waals surface area contributed by atoms with Crippen molar-refractivity contribution >= 4 is 103 Å². The fourth-order valence-corrected chi connectivity index (χ4v) is 7.29. The molecular weight excluding hydrogens is 666 g/mol. The molecule has 0 aliphatic carbocycles. The lowest BCUT2D eigenvalue weighted by Crippen LogP contribution is -2.54. The first-order chi connectivity index (χ1) is 22.1. The third kappa shape index (κ3) is 6.39. The standard InChI is InChI=1S/C32H20ClN5O5S3/c1-17-5-4-6-20(13-17)37-30(41)22(29(40)36-31(37)44)14-18-9-12-26(25(15-18)38(42)43)45-32-35-24-11-10-19(16-27(24)46-32)34-28(39)21-7-2-3-8-23(21)33/h2-16H,1H3,(H,34,39)(H,36,40,44)/b22-14+. The number of thiazole rings is 1. The van der Waals surface area contributed by atoms with Crippen LogP contribution >= 0.6 is 46.9 Å². The minimum atomic E-state index is -0.697. The molecule has 1 aromatic heterocycles. The van der Waals surface area contributed by atoms with E-state index in [1.54, 1.807) is 72.8 Å². The van der Waals surface area contributed by atoms with Gasteiger partial charge in [0.15, 0.2) is 9.45 Å². The van der Waals surface area contributed by atoms with Crippen LogP contribution in [0.3, 0.4) is 0 Å². The van der Waals surface area contributed by atoms with Gasteiger partial charge in [-0.15, -0.1) is 11.3 Å². The van der Waals surface area contributed by atoms with Gasteiger partial charge in [-0.2, -0.15) is 0 Å². The average molecular weight is 686 g/mol. The van der Waals surface area contributed by atoms with E-state index < -0.39 is 16.7 Å². The molecule has 1 fully saturated rings. The molecule has 5 aromatic rings. The van der Waals surface area contributed by atoms with Gasteiger partial charge in [0.1, 0.15) is 5.57 Å². The Morgan fingerprint density at radius 3 is 2.65 bits per heavy atom. The van der Waals surface area contributed by atoms with Crippen molar-refractivity contribution in [2.45, 2.75) is 16.2 Å². The summed E-state index contributed by atoms with van der Waals surface area (Å²) >= 11 is 13.8. The molecule has 3 amide bonds. The van der Waals surface area contributed by atoms with Crippen LogP contribution in [0.2, 0.25) is 5.02 Å². The quantitative estimate of drug-likeness (QED) is 0.0595. The molecule has 1 aliphatic heterocycles. The van der Waals surface area contributed by atoms with Crippen LogP contribution < -0.4 is 15.5 Å². The fourth-order valence-electron chi connectivity index (χ4n) is 4.64. The Bertz CT molecular complexity index is 2150. The summed E-state index contributed by atoms with van der Waals surface area (Å²) in [7, 11) is 0. The highest BCUT2D eigenvalue weighted by Gasteiger charge is 2.34. The van der Waals surface area contributed by atoms with E-state index in [0.717, 1.165) is 22.0 Å². The number of aromatic nitrogens is 1. The van der Waals surface area contributed by atoms with Crippen LogP contribution in [0.5, 0.6) is 0 Å². The summed E-state index contributed by atoms with van der Waals surface area (Å²) < 4.78 is 1.31. The highest BCUT2D eigenvalue weighted by Crippen LogP contribution is 2.40. The molecule has 0 bridgehead atoms. The lowest BCUT2D eigenvalue weighted by molar-refractivity contribution is -0.387. The third-order valence-corrected chi connectivity index (χ3v) is 9.55. The van der Waals surface area contributed by atoms with E-state index in [0.29, 0.717) is 36.7 Å². The van der Waals surface area contributed by atoms with Crippen LogP contribution in [0.25, 0.3) is 16.3 Å². The van der Waals surface area contributed by atoms with Crippen molar-refractivity contribution in [3.63, 3.8) is 0 Å². The molecule has 1 aliphatic rings. The van der Waals surface area contributed by atoms with Gasteiger partial charge in [0, 0.05) is 11.8 Å². The van der Waals surface area contributed by atoms with Crippen molar-refractivity contribution in [2.24, 2.45) is 0 Å². The number of rotatable bonds is 7. The number of halogens is 1. The maximum absolute atomic E-state index is 13.4. The van der Waals surface area contributed by atoms with Crippen molar-refractivity contribution in [2.75, 3.05) is 10.2 Å². The average Bonchev–Trinajstić information content (AvgIpc) is 3.41. The SMILES string of the molecule is Cc1cccc(N2C(=O)/C(=C/c3ccc(Sc4nc5ccc(NC(=O)c6ccccc6Cl)cc5s4)c([N+](=O)[O-])c3)C(=O)NC2=S)c1. The molecule has 0 spiro atoms. The van der Waals surface area contributed by atoms with Crippen LogP contribution in [0.1, 0.15) is 21.5 Å². The molecular formula is C32H20ClN5O5S3. The third-order valence-electron chi connectivity index (χ3n) is 6.79. The Labute approximate surface area is 280 Å². The lowest BCUT2D eigenvalue weighted by Gasteiger charge is -2.29. The summed E-state index contributed by atoms with van der Waals surface area (Å²) in [6.45, 7) is 1.86. The van der Waals surface area contributed by atoms with Crippen LogP contribution in [0, 0.1) is 17.0 Å². The molecule has 6 rings (SSSR count). The Kier molecular flexibility index (Phi) is 8.65. The van der Waals surface area contributed by atoms with Gasteiger partial charge in [-0.25, -0.2) is 4.98 Å². The summed E-state index contributed by atoms with van der Waals surface area (Å²) in [6.07, 6.45) is 1.31. The number of fused-ring (bicyclic) bond motifs is 1. The van der Waals surface area contributed by atoms with Gasteiger partial charge < -0.3 is 5.32 Å². The maximum Gasteiger partial charge on any atom is 0.283 e. The molecule has 10 nitrogen and oxygen atoms in total. The Hall–Kier alpha value is -4.95. The molecule has 0 saturated carbocycles. The van der Waals surface area contributed by atoms with Crippen molar-refractivity contribution in [1.82, 2.24) is 10.3 Å². The second kappa shape index (κ2) is 12.8. The largest absolute Gasteiger partial charge is 0.322 e. The maximum atomic E-state index is 13.4. The molecule has 2 heterocycles. The number of aryl methyl sites for hydroxylation is 1. The van der Waals surface area contributed by atoms with Gasteiger partial charge in [0.2, 0.25) is 0 Å². The van der Waals surface area contributed by atoms with Gasteiger partial charge in [-0.05, 0) is 84.9 Å². The van der Waals surface area contributed by atoms with Crippen molar-refractivity contribution < 1.29 is 19.3 Å². The summed E-state index contributed by atoms with van der Waals surface area (Å²) in [5.74, 6) is -1.69. The number of nitrogens with one attached hydrogen (secondary N) is 2. The van der Waals surface area contributed by atoms with E-state index in [-0.39, 0.29) is 27.8 Å². The molecule has 0 unspecified atom stereocenters. The highest BCUT2D eigenvalue weighted by molar-refractivity contribution is 8.01. The number of hydrogen-bond acceptors (Lipinski definition) is 9. The molecule has 14 heteroatoms. The molecule has 0 atom stereocenters. The molecule has 228 valence electrons. The van der Waals surface area contributed by atoms with E-state index in [1.807, 2.05) is 13.0 Å². The Morgan fingerprint density at radius 2 is 1.89 bits per heavy atom. The van der Waals surface area contributed by atoms with E-state index in [9.17, 15) is 24.5 Å². The predicted molar refractivity (Wildman–Crippen MR) is 184 cm³/mol. The molecule has 0 radical (unpaired) electrons. The van der Waals surface area contributed by atoms with Crippen molar-refractivity contribution in [3.8, 4) is 0 Å². The van der Waals surface area contributed by atoms with E-state index in [4.69, 9.17) is 23.8 Å². The molecule has 4 aromatic carbocycles. The Morgan fingerprint density at radius 1 is 1.09 bits per heavy atom. The zero-order valence-corrected chi connectivity index (χ0v) is 26.9. The van der Waals surface area contributed by atoms with Gasteiger partial charge in [0.05, 0.1) is 36.3 Å². The number of anilines is 2. The van der Waals surface area contributed by atoms with Crippen molar-refractivity contribution in [1.29, 1.82) is 0 Å². The summed E-state index contributed by atoms with van der Waals surface area (Å²) in [6, 6.07) is 23.5. The lowest BCUT2D eigenvalue weighted by atomic mass is 10.1.